The minimum absolute atomic E-state index is 0.0655. The highest BCUT2D eigenvalue weighted by molar-refractivity contribution is 7.99. The maximum atomic E-state index is 12.2. The zero-order valence-electron chi connectivity index (χ0n) is 11.1. The van der Waals surface area contributed by atoms with E-state index < -0.39 is 0 Å². The first kappa shape index (κ1) is 15.1. The average molecular weight is 273 g/mol. The van der Waals surface area contributed by atoms with E-state index >= 15 is 0 Å². The van der Waals surface area contributed by atoms with Gasteiger partial charge in [-0.05, 0) is 44.1 Å². The number of hydrogen-bond donors (Lipinski definition) is 2. The highest BCUT2D eigenvalue weighted by Crippen LogP contribution is 2.26. The summed E-state index contributed by atoms with van der Waals surface area (Å²) in [5, 5.41) is 11.5. The maximum absolute atomic E-state index is 12.2. The molecule has 0 saturated carbocycles. The third kappa shape index (κ3) is 4.76. The molecule has 1 fully saturated rings. The zero-order chi connectivity index (χ0) is 13.5. The minimum Gasteiger partial charge on any atom is -0.409 e. The van der Waals surface area contributed by atoms with Crippen LogP contribution in [-0.4, -0.2) is 45.9 Å². The van der Waals surface area contributed by atoms with E-state index in [4.69, 9.17) is 10.9 Å². The Morgan fingerprint density at radius 2 is 2.11 bits per heavy atom. The van der Waals surface area contributed by atoms with Crippen LogP contribution in [0.2, 0.25) is 0 Å². The predicted octanol–water partition coefficient (Wildman–Crippen LogP) is 1.50. The second kappa shape index (κ2) is 7.51. The molecule has 0 radical (unpaired) electrons. The number of amidine groups is 1. The predicted molar refractivity (Wildman–Crippen MR) is 74.9 cm³/mol. The van der Waals surface area contributed by atoms with Crippen LogP contribution in [0.1, 0.15) is 33.1 Å². The van der Waals surface area contributed by atoms with Crippen molar-refractivity contribution in [2.24, 2.45) is 16.8 Å². The first-order valence-electron chi connectivity index (χ1n) is 6.38. The van der Waals surface area contributed by atoms with E-state index in [1.807, 2.05) is 25.6 Å². The molecule has 1 heterocycles. The molecule has 0 unspecified atom stereocenters. The fourth-order valence-corrected chi connectivity index (χ4v) is 3.28. The molecular formula is C12H23N3O2S. The van der Waals surface area contributed by atoms with Crippen LogP contribution in [0.3, 0.4) is 0 Å². The summed E-state index contributed by atoms with van der Waals surface area (Å²) < 4.78 is 0. The number of nitrogens with two attached hydrogens (primary N) is 1. The van der Waals surface area contributed by atoms with Gasteiger partial charge in [0.05, 0.1) is 6.54 Å². The molecule has 5 nitrogen and oxygen atoms in total. The monoisotopic (exact) mass is 273 g/mol. The number of amides is 1. The highest BCUT2D eigenvalue weighted by Gasteiger charge is 2.23. The van der Waals surface area contributed by atoms with Crippen molar-refractivity contribution in [3.05, 3.63) is 0 Å². The summed E-state index contributed by atoms with van der Waals surface area (Å²) in [5.74, 6) is 2.98. The standard InChI is InChI=1S/C12H23N3O2S/c1-9(2)15(8-11(13)14-17)12(16)7-10-3-5-18-6-4-10/h9-10,17H,3-8H2,1-2H3,(H2,13,14). The number of oxime groups is 1. The van der Waals surface area contributed by atoms with E-state index in [0.29, 0.717) is 12.3 Å². The van der Waals surface area contributed by atoms with Gasteiger partial charge in [0.2, 0.25) is 5.91 Å². The normalized spacial score (nSPS) is 18.1. The second-order valence-electron chi connectivity index (χ2n) is 4.97. The van der Waals surface area contributed by atoms with Gasteiger partial charge < -0.3 is 15.8 Å². The summed E-state index contributed by atoms with van der Waals surface area (Å²) in [4.78, 5) is 13.9. The Hall–Kier alpha value is -0.910. The number of hydrogen-bond acceptors (Lipinski definition) is 4. The van der Waals surface area contributed by atoms with Gasteiger partial charge >= 0.3 is 0 Å². The summed E-state index contributed by atoms with van der Waals surface area (Å²) in [6.45, 7) is 4.09. The Bertz CT molecular complexity index is 302. The molecule has 3 N–H and O–H groups in total. The summed E-state index contributed by atoms with van der Waals surface area (Å²) >= 11 is 1.96. The molecule has 1 amide bonds. The average Bonchev–Trinajstić information content (AvgIpc) is 2.36. The van der Waals surface area contributed by atoms with E-state index in [1.165, 1.54) is 0 Å². The molecule has 0 atom stereocenters. The molecule has 0 aromatic heterocycles. The quantitative estimate of drug-likeness (QED) is 0.344. The SMILES string of the molecule is CC(C)N(CC(N)=NO)C(=O)CC1CCSCC1. The number of carbonyl (C=O) groups excluding carboxylic acids is 1. The molecule has 1 saturated heterocycles. The third-order valence-electron chi connectivity index (χ3n) is 3.21. The van der Waals surface area contributed by atoms with Crippen LogP contribution < -0.4 is 5.73 Å². The lowest BCUT2D eigenvalue weighted by atomic mass is 9.98. The molecule has 18 heavy (non-hydrogen) atoms. The summed E-state index contributed by atoms with van der Waals surface area (Å²) in [6.07, 6.45) is 2.81. The minimum atomic E-state index is 0.0655. The molecule has 0 spiro atoms. The molecule has 0 aromatic rings. The van der Waals surface area contributed by atoms with E-state index in [2.05, 4.69) is 5.16 Å². The maximum Gasteiger partial charge on any atom is 0.223 e. The number of carbonyl (C=O) groups is 1. The number of nitrogens with zero attached hydrogens (tertiary/aromatic N) is 2. The van der Waals surface area contributed by atoms with Gasteiger partial charge in [0.25, 0.3) is 0 Å². The third-order valence-corrected chi connectivity index (χ3v) is 4.26. The van der Waals surface area contributed by atoms with E-state index in [9.17, 15) is 4.79 Å². The van der Waals surface area contributed by atoms with Gasteiger partial charge in [-0.1, -0.05) is 5.16 Å². The second-order valence-corrected chi connectivity index (χ2v) is 6.19. The van der Waals surface area contributed by atoms with E-state index in [0.717, 1.165) is 24.3 Å². The first-order chi connectivity index (χ1) is 8.54. The van der Waals surface area contributed by atoms with Crippen LogP contribution in [0.5, 0.6) is 0 Å². The Labute approximate surface area is 113 Å². The molecular weight excluding hydrogens is 250 g/mol. The van der Waals surface area contributed by atoms with Crippen molar-refractivity contribution < 1.29 is 10.0 Å². The molecule has 1 aliphatic heterocycles. The van der Waals surface area contributed by atoms with Crippen molar-refractivity contribution >= 4 is 23.5 Å². The lowest BCUT2D eigenvalue weighted by Crippen LogP contribution is -2.43. The first-order valence-corrected chi connectivity index (χ1v) is 7.53. The smallest absolute Gasteiger partial charge is 0.223 e. The van der Waals surface area contributed by atoms with Crippen molar-refractivity contribution in [3.8, 4) is 0 Å². The van der Waals surface area contributed by atoms with Crippen LogP contribution in [0.4, 0.5) is 0 Å². The van der Waals surface area contributed by atoms with Gasteiger partial charge in [0.1, 0.15) is 0 Å². The lowest BCUT2D eigenvalue weighted by molar-refractivity contribution is -0.133. The fraction of sp³-hybridized carbons (Fsp3) is 0.833. The van der Waals surface area contributed by atoms with Crippen molar-refractivity contribution in [3.63, 3.8) is 0 Å². The Morgan fingerprint density at radius 1 is 1.50 bits per heavy atom. The molecule has 6 heteroatoms. The Balaban J connectivity index is 2.53. The van der Waals surface area contributed by atoms with Gasteiger partial charge in [-0.3, -0.25) is 4.79 Å². The van der Waals surface area contributed by atoms with Crippen molar-refractivity contribution in [1.29, 1.82) is 0 Å². The molecule has 0 aromatic carbocycles. The topological polar surface area (TPSA) is 78.9 Å². The molecule has 0 bridgehead atoms. The van der Waals surface area contributed by atoms with Crippen LogP contribution in [0.15, 0.2) is 5.16 Å². The van der Waals surface area contributed by atoms with E-state index in [1.54, 1.807) is 4.90 Å². The van der Waals surface area contributed by atoms with Gasteiger partial charge in [0, 0.05) is 12.5 Å². The molecule has 0 aliphatic carbocycles. The summed E-state index contributed by atoms with van der Waals surface area (Å²) in [7, 11) is 0. The largest absolute Gasteiger partial charge is 0.409 e. The number of rotatable bonds is 5. The Morgan fingerprint density at radius 3 is 2.61 bits per heavy atom. The van der Waals surface area contributed by atoms with Gasteiger partial charge in [-0.15, -0.1) is 0 Å². The lowest BCUT2D eigenvalue weighted by Gasteiger charge is -2.29. The zero-order valence-corrected chi connectivity index (χ0v) is 11.9. The summed E-state index contributed by atoms with van der Waals surface area (Å²) in [6, 6.07) is 0.0655. The van der Waals surface area contributed by atoms with Crippen LogP contribution in [0, 0.1) is 5.92 Å². The van der Waals surface area contributed by atoms with Crippen molar-refractivity contribution in [2.75, 3.05) is 18.1 Å². The van der Waals surface area contributed by atoms with Crippen LogP contribution in [0.25, 0.3) is 0 Å². The number of thioether (sulfide) groups is 1. The van der Waals surface area contributed by atoms with Crippen LogP contribution in [-0.2, 0) is 4.79 Å². The molecule has 104 valence electrons. The van der Waals surface area contributed by atoms with Gasteiger partial charge in [-0.25, -0.2) is 0 Å². The summed E-state index contributed by atoms with van der Waals surface area (Å²) in [5.41, 5.74) is 5.49. The molecule has 1 rings (SSSR count). The Kier molecular flexibility index (Phi) is 6.32. The van der Waals surface area contributed by atoms with Crippen molar-refractivity contribution in [2.45, 2.75) is 39.2 Å². The fourth-order valence-electron chi connectivity index (χ4n) is 2.08. The van der Waals surface area contributed by atoms with Crippen LogP contribution >= 0.6 is 11.8 Å². The highest BCUT2D eigenvalue weighted by atomic mass is 32.2. The van der Waals surface area contributed by atoms with Gasteiger partial charge in [0.15, 0.2) is 5.84 Å². The van der Waals surface area contributed by atoms with Crippen molar-refractivity contribution in [1.82, 2.24) is 4.90 Å². The molecule has 1 aliphatic rings. The van der Waals surface area contributed by atoms with Gasteiger partial charge in [-0.2, -0.15) is 11.8 Å². The van der Waals surface area contributed by atoms with E-state index in [-0.39, 0.29) is 24.3 Å².